The van der Waals surface area contributed by atoms with E-state index in [1.54, 1.807) is 5.51 Å². The molecule has 1 fully saturated rings. The predicted molar refractivity (Wildman–Crippen MR) is 69.7 cm³/mol. The van der Waals surface area contributed by atoms with Gasteiger partial charge in [0.2, 0.25) is 0 Å². The van der Waals surface area contributed by atoms with Crippen molar-refractivity contribution in [3.05, 3.63) is 15.5 Å². The Labute approximate surface area is 110 Å². The molecule has 1 aromatic rings. The standard InChI is InChI=1S/C11H16ClN3OS/c1-13-5-8-3-2-4-15(6-8)11(16)9-10(12)14-7-17-9/h7-8,13H,2-6H2,1H3. The third-order valence-corrected chi connectivity index (χ3v) is 4.23. The monoisotopic (exact) mass is 273 g/mol. The second-order valence-corrected chi connectivity index (χ2v) is 5.50. The van der Waals surface area contributed by atoms with Crippen molar-refractivity contribution in [1.29, 1.82) is 0 Å². The fourth-order valence-corrected chi connectivity index (χ4v) is 3.18. The number of thiazole rings is 1. The van der Waals surface area contributed by atoms with E-state index < -0.39 is 0 Å². The number of piperidine rings is 1. The molecule has 0 aliphatic carbocycles. The van der Waals surface area contributed by atoms with Gasteiger partial charge in [-0.25, -0.2) is 4.98 Å². The van der Waals surface area contributed by atoms with E-state index in [1.807, 2.05) is 11.9 Å². The molecule has 4 nitrogen and oxygen atoms in total. The molecule has 2 heterocycles. The molecule has 0 radical (unpaired) electrons. The summed E-state index contributed by atoms with van der Waals surface area (Å²) in [4.78, 5) is 18.6. The first kappa shape index (κ1) is 12.8. The molecule has 0 spiro atoms. The SMILES string of the molecule is CNCC1CCCN(C(=O)c2scnc2Cl)C1. The maximum Gasteiger partial charge on any atom is 0.267 e. The zero-order chi connectivity index (χ0) is 12.3. The van der Waals surface area contributed by atoms with Gasteiger partial charge in [-0.2, -0.15) is 0 Å². The Morgan fingerprint density at radius 2 is 2.59 bits per heavy atom. The first-order chi connectivity index (χ1) is 8.22. The van der Waals surface area contributed by atoms with Crippen LogP contribution in [0.15, 0.2) is 5.51 Å². The zero-order valence-electron chi connectivity index (χ0n) is 9.78. The van der Waals surface area contributed by atoms with Crippen LogP contribution in [0.3, 0.4) is 0 Å². The summed E-state index contributed by atoms with van der Waals surface area (Å²) in [7, 11) is 1.95. The van der Waals surface area contributed by atoms with Crippen LogP contribution in [-0.4, -0.2) is 42.5 Å². The first-order valence-electron chi connectivity index (χ1n) is 5.75. The van der Waals surface area contributed by atoms with Crippen molar-refractivity contribution in [2.75, 3.05) is 26.7 Å². The van der Waals surface area contributed by atoms with Gasteiger partial charge in [0, 0.05) is 13.1 Å². The lowest BCUT2D eigenvalue weighted by atomic mass is 9.98. The lowest BCUT2D eigenvalue weighted by molar-refractivity contribution is 0.0679. The minimum atomic E-state index is 0.0262. The third-order valence-electron chi connectivity index (χ3n) is 3.02. The highest BCUT2D eigenvalue weighted by Gasteiger charge is 2.26. The Bertz CT molecular complexity index is 394. The topological polar surface area (TPSA) is 45.2 Å². The van der Waals surface area contributed by atoms with E-state index in [4.69, 9.17) is 11.6 Å². The van der Waals surface area contributed by atoms with Gasteiger partial charge < -0.3 is 10.2 Å². The highest BCUT2D eigenvalue weighted by atomic mass is 35.5. The number of carbonyl (C=O) groups excluding carboxylic acids is 1. The summed E-state index contributed by atoms with van der Waals surface area (Å²) in [5.41, 5.74) is 1.62. The minimum absolute atomic E-state index is 0.0262. The van der Waals surface area contributed by atoms with Gasteiger partial charge in [0.05, 0.1) is 5.51 Å². The van der Waals surface area contributed by atoms with Gasteiger partial charge in [0.15, 0.2) is 5.15 Å². The minimum Gasteiger partial charge on any atom is -0.338 e. The van der Waals surface area contributed by atoms with Crippen molar-refractivity contribution < 1.29 is 4.79 Å². The van der Waals surface area contributed by atoms with E-state index in [0.29, 0.717) is 15.9 Å². The molecule has 94 valence electrons. The average molecular weight is 274 g/mol. The maximum absolute atomic E-state index is 12.2. The molecule has 1 saturated heterocycles. The Kier molecular flexibility index (Phi) is 4.36. The maximum atomic E-state index is 12.2. The normalized spacial score (nSPS) is 20.6. The van der Waals surface area contributed by atoms with Crippen LogP contribution < -0.4 is 5.32 Å². The average Bonchev–Trinajstić information content (AvgIpc) is 2.75. The summed E-state index contributed by atoms with van der Waals surface area (Å²) in [5, 5.41) is 3.50. The number of likely N-dealkylation sites (tertiary alicyclic amines) is 1. The van der Waals surface area contributed by atoms with Gasteiger partial charge in [-0.15, -0.1) is 11.3 Å². The van der Waals surface area contributed by atoms with Gasteiger partial charge in [-0.1, -0.05) is 11.6 Å². The first-order valence-corrected chi connectivity index (χ1v) is 7.01. The van der Waals surface area contributed by atoms with Crippen LogP contribution >= 0.6 is 22.9 Å². The number of hydrogen-bond donors (Lipinski definition) is 1. The van der Waals surface area contributed by atoms with Crippen LogP contribution in [0.25, 0.3) is 0 Å². The van der Waals surface area contributed by atoms with Crippen LogP contribution in [0.5, 0.6) is 0 Å². The third kappa shape index (κ3) is 2.97. The fraction of sp³-hybridized carbons (Fsp3) is 0.636. The van der Waals surface area contributed by atoms with Crippen molar-refractivity contribution in [1.82, 2.24) is 15.2 Å². The van der Waals surface area contributed by atoms with Crippen molar-refractivity contribution in [2.45, 2.75) is 12.8 Å². The van der Waals surface area contributed by atoms with Crippen molar-refractivity contribution >= 4 is 28.8 Å². The summed E-state index contributed by atoms with van der Waals surface area (Å²) in [6.07, 6.45) is 2.25. The number of aromatic nitrogens is 1. The Morgan fingerprint density at radius 1 is 1.76 bits per heavy atom. The molecule has 2 rings (SSSR count). The van der Waals surface area contributed by atoms with E-state index in [-0.39, 0.29) is 5.91 Å². The van der Waals surface area contributed by atoms with Crippen LogP contribution in [0.4, 0.5) is 0 Å². The molecule has 1 aliphatic rings. The second kappa shape index (κ2) is 5.80. The Balaban J connectivity index is 2.02. The van der Waals surface area contributed by atoms with Crippen molar-refractivity contribution in [3.8, 4) is 0 Å². The molecule has 1 atom stereocenters. The van der Waals surface area contributed by atoms with Crippen LogP contribution in [0.1, 0.15) is 22.5 Å². The van der Waals surface area contributed by atoms with Gasteiger partial charge in [-0.3, -0.25) is 4.79 Å². The molecule has 0 saturated carbocycles. The smallest absolute Gasteiger partial charge is 0.267 e. The molecule has 1 N–H and O–H groups in total. The molecule has 1 aliphatic heterocycles. The fourth-order valence-electron chi connectivity index (χ4n) is 2.22. The summed E-state index contributed by atoms with van der Waals surface area (Å²) >= 11 is 7.21. The van der Waals surface area contributed by atoms with Crippen molar-refractivity contribution in [2.24, 2.45) is 5.92 Å². The molecule has 1 aromatic heterocycles. The molecule has 0 bridgehead atoms. The lowest BCUT2D eigenvalue weighted by Crippen LogP contribution is -2.42. The number of rotatable bonds is 3. The van der Waals surface area contributed by atoms with E-state index in [1.165, 1.54) is 17.8 Å². The quantitative estimate of drug-likeness (QED) is 0.914. The van der Waals surface area contributed by atoms with Gasteiger partial charge in [0.1, 0.15) is 4.88 Å². The van der Waals surface area contributed by atoms with Crippen molar-refractivity contribution in [3.63, 3.8) is 0 Å². The van der Waals surface area contributed by atoms with Crippen LogP contribution in [0.2, 0.25) is 5.15 Å². The lowest BCUT2D eigenvalue weighted by Gasteiger charge is -2.32. The van der Waals surface area contributed by atoms with Crippen LogP contribution in [-0.2, 0) is 0 Å². The highest BCUT2D eigenvalue weighted by molar-refractivity contribution is 7.12. The predicted octanol–water partition coefficient (Wildman–Crippen LogP) is 1.87. The number of halogens is 1. The summed E-state index contributed by atoms with van der Waals surface area (Å²) in [6, 6.07) is 0. The number of hydrogen-bond acceptors (Lipinski definition) is 4. The van der Waals surface area contributed by atoms with E-state index in [2.05, 4.69) is 10.3 Å². The zero-order valence-corrected chi connectivity index (χ0v) is 11.4. The molecule has 1 unspecified atom stereocenters. The summed E-state index contributed by atoms with van der Waals surface area (Å²) in [6.45, 7) is 2.60. The molecule has 0 aromatic carbocycles. The van der Waals surface area contributed by atoms with E-state index in [0.717, 1.165) is 26.1 Å². The van der Waals surface area contributed by atoms with E-state index in [9.17, 15) is 4.79 Å². The Morgan fingerprint density at radius 3 is 3.24 bits per heavy atom. The number of amides is 1. The molecular weight excluding hydrogens is 258 g/mol. The largest absolute Gasteiger partial charge is 0.338 e. The highest BCUT2D eigenvalue weighted by Crippen LogP contribution is 2.23. The molecule has 1 amide bonds. The summed E-state index contributed by atoms with van der Waals surface area (Å²) < 4.78 is 0. The van der Waals surface area contributed by atoms with Gasteiger partial charge >= 0.3 is 0 Å². The second-order valence-electron chi connectivity index (χ2n) is 4.29. The van der Waals surface area contributed by atoms with Crippen LogP contribution in [0, 0.1) is 5.92 Å². The Hall–Kier alpha value is -0.650. The molecule has 17 heavy (non-hydrogen) atoms. The number of carbonyl (C=O) groups is 1. The molecular formula is C11H16ClN3OS. The van der Waals surface area contributed by atoms with Gasteiger partial charge in [-0.05, 0) is 32.4 Å². The van der Waals surface area contributed by atoms with E-state index >= 15 is 0 Å². The van der Waals surface area contributed by atoms with Gasteiger partial charge in [0.25, 0.3) is 5.91 Å². The number of nitrogens with one attached hydrogen (secondary N) is 1. The molecule has 6 heteroatoms. The summed E-state index contributed by atoms with van der Waals surface area (Å²) in [5.74, 6) is 0.572. The number of nitrogens with zero attached hydrogens (tertiary/aromatic N) is 2.